The molecule has 0 unspecified atom stereocenters. The molecule has 2 N–H and O–H groups in total. The number of carbonyl (C=O) groups is 1. The van der Waals surface area contributed by atoms with Crippen molar-refractivity contribution >= 4 is 51.0 Å². The van der Waals surface area contributed by atoms with Gasteiger partial charge < -0.3 is 10.6 Å². The molecule has 0 fully saturated rings. The molecule has 0 aromatic heterocycles. The van der Waals surface area contributed by atoms with E-state index in [0.29, 0.717) is 22.4 Å². The summed E-state index contributed by atoms with van der Waals surface area (Å²) in [4.78, 5) is 22.4. The second kappa shape index (κ2) is 7.19. The number of nitro groups is 1. The van der Waals surface area contributed by atoms with Crippen LogP contribution in [0.15, 0.2) is 60.7 Å². The number of fused-ring (bicyclic) bond motifs is 1. The van der Waals surface area contributed by atoms with Gasteiger partial charge in [0.1, 0.15) is 11.6 Å². The Morgan fingerprint density at radius 1 is 1.00 bits per heavy atom. The van der Waals surface area contributed by atoms with Gasteiger partial charge in [-0.05, 0) is 41.8 Å². The fourth-order valence-electron chi connectivity index (χ4n) is 2.54. The number of anilines is 3. The second-order valence-electron chi connectivity index (χ2n) is 5.32. The molecule has 126 valence electrons. The van der Waals surface area contributed by atoms with Crippen LogP contribution in [-0.4, -0.2) is 16.7 Å². The molecule has 0 bridgehead atoms. The topological polar surface area (TPSA) is 84.3 Å². The van der Waals surface area contributed by atoms with Gasteiger partial charge in [0.25, 0.3) is 5.69 Å². The van der Waals surface area contributed by atoms with Crippen LogP contribution in [0.25, 0.3) is 10.8 Å². The first-order valence-corrected chi connectivity index (χ1v) is 8.01. The van der Waals surface area contributed by atoms with Gasteiger partial charge in [-0.1, -0.05) is 24.3 Å². The first kappa shape index (κ1) is 16.7. The highest BCUT2D eigenvalue weighted by atomic mass is 35.5. The van der Waals surface area contributed by atoms with Crippen molar-refractivity contribution in [1.29, 1.82) is 0 Å². The average Bonchev–Trinajstić information content (AvgIpc) is 2.62. The summed E-state index contributed by atoms with van der Waals surface area (Å²) >= 11 is 5.45. The molecule has 0 spiro atoms. The molecule has 0 aliphatic heterocycles. The Labute approximate surface area is 148 Å². The van der Waals surface area contributed by atoms with Gasteiger partial charge in [0, 0.05) is 11.4 Å². The quantitative estimate of drug-likeness (QED) is 0.395. The molecule has 3 aromatic rings. The molecular weight excluding hydrogens is 342 g/mol. The minimum absolute atomic E-state index is 0.0256. The van der Waals surface area contributed by atoms with Crippen LogP contribution in [0.4, 0.5) is 22.7 Å². The summed E-state index contributed by atoms with van der Waals surface area (Å²) in [6.45, 7) is 0. The van der Waals surface area contributed by atoms with Gasteiger partial charge >= 0.3 is 0 Å². The van der Waals surface area contributed by atoms with Crippen molar-refractivity contribution in [3.05, 3.63) is 70.8 Å². The lowest BCUT2D eigenvalue weighted by atomic mass is 10.1. The van der Waals surface area contributed by atoms with Gasteiger partial charge in [-0.25, -0.2) is 0 Å². The van der Waals surface area contributed by atoms with Crippen LogP contribution in [-0.2, 0) is 4.79 Å². The molecule has 25 heavy (non-hydrogen) atoms. The fourth-order valence-corrected chi connectivity index (χ4v) is 2.61. The SMILES string of the molecule is O=C(CCl)Nc1ccc(Nc2ccc3ccccc3c2[N+](=O)[O-])cc1. The summed E-state index contributed by atoms with van der Waals surface area (Å²) in [6.07, 6.45) is 0. The summed E-state index contributed by atoms with van der Waals surface area (Å²) in [6, 6.07) is 17.5. The van der Waals surface area contributed by atoms with Gasteiger partial charge in [-0.3, -0.25) is 14.9 Å². The highest BCUT2D eigenvalue weighted by Crippen LogP contribution is 2.35. The smallest absolute Gasteiger partial charge is 0.300 e. The summed E-state index contributed by atoms with van der Waals surface area (Å²) < 4.78 is 0. The van der Waals surface area contributed by atoms with Crippen LogP contribution in [0.3, 0.4) is 0 Å². The van der Waals surface area contributed by atoms with Crippen LogP contribution in [0.2, 0.25) is 0 Å². The van der Waals surface area contributed by atoms with E-state index in [2.05, 4.69) is 10.6 Å². The molecule has 7 heteroatoms. The third-order valence-electron chi connectivity index (χ3n) is 3.65. The Bertz CT molecular complexity index is 942. The third kappa shape index (κ3) is 3.70. The number of nitrogens with zero attached hydrogens (tertiary/aromatic N) is 1. The first-order chi connectivity index (χ1) is 12.1. The van der Waals surface area contributed by atoms with Crippen molar-refractivity contribution in [2.24, 2.45) is 0 Å². The monoisotopic (exact) mass is 355 g/mol. The molecule has 3 aromatic carbocycles. The number of alkyl halides is 1. The van der Waals surface area contributed by atoms with Crippen LogP contribution < -0.4 is 10.6 Å². The highest BCUT2D eigenvalue weighted by molar-refractivity contribution is 6.29. The van der Waals surface area contributed by atoms with Crippen molar-refractivity contribution in [2.45, 2.75) is 0 Å². The minimum atomic E-state index is -0.389. The third-order valence-corrected chi connectivity index (χ3v) is 3.89. The maximum Gasteiger partial charge on any atom is 0.300 e. The molecule has 0 saturated heterocycles. The minimum Gasteiger partial charge on any atom is -0.350 e. The Morgan fingerprint density at radius 2 is 1.68 bits per heavy atom. The molecule has 0 aliphatic rings. The van der Waals surface area contributed by atoms with E-state index < -0.39 is 0 Å². The lowest BCUT2D eigenvalue weighted by Crippen LogP contribution is -2.12. The van der Waals surface area contributed by atoms with E-state index in [-0.39, 0.29) is 22.4 Å². The number of benzene rings is 3. The summed E-state index contributed by atoms with van der Waals surface area (Å²) in [5.41, 5.74) is 1.70. The Hall–Kier alpha value is -3.12. The second-order valence-corrected chi connectivity index (χ2v) is 5.59. The molecule has 0 atom stereocenters. The molecule has 6 nitrogen and oxygen atoms in total. The van der Waals surface area contributed by atoms with Gasteiger partial charge in [0.2, 0.25) is 5.91 Å². The van der Waals surface area contributed by atoms with Gasteiger partial charge in [0.15, 0.2) is 0 Å². The average molecular weight is 356 g/mol. The fraction of sp³-hybridized carbons (Fsp3) is 0.0556. The van der Waals surface area contributed by atoms with E-state index in [1.165, 1.54) is 0 Å². The van der Waals surface area contributed by atoms with Crippen molar-refractivity contribution < 1.29 is 9.72 Å². The van der Waals surface area contributed by atoms with E-state index in [9.17, 15) is 14.9 Å². The van der Waals surface area contributed by atoms with Crippen LogP contribution >= 0.6 is 11.6 Å². The van der Waals surface area contributed by atoms with Gasteiger partial charge in [-0.15, -0.1) is 11.6 Å². The summed E-state index contributed by atoms with van der Waals surface area (Å²) in [5.74, 6) is -0.420. The van der Waals surface area contributed by atoms with E-state index in [1.807, 2.05) is 18.2 Å². The lowest BCUT2D eigenvalue weighted by Gasteiger charge is -2.10. The highest BCUT2D eigenvalue weighted by Gasteiger charge is 2.18. The van der Waals surface area contributed by atoms with E-state index in [4.69, 9.17) is 11.6 Å². The van der Waals surface area contributed by atoms with E-state index in [1.54, 1.807) is 42.5 Å². The molecule has 3 rings (SSSR count). The number of hydrogen-bond donors (Lipinski definition) is 2. The zero-order valence-corrected chi connectivity index (χ0v) is 13.8. The zero-order valence-electron chi connectivity index (χ0n) is 13.0. The first-order valence-electron chi connectivity index (χ1n) is 7.47. The van der Waals surface area contributed by atoms with Crippen LogP contribution in [0.1, 0.15) is 0 Å². The van der Waals surface area contributed by atoms with E-state index in [0.717, 1.165) is 5.39 Å². The number of nitrogens with one attached hydrogen (secondary N) is 2. The number of carbonyl (C=O) groups excluding carboxylic acids is 1. The number of halogens is 1. The maximum atomic E-state index is 11.5. The Kier molecular flexibility index (Phi) is 4.81. The number of nitro benzene ring substituents is 1. The molecular formula is C18H14ClN3O3. The van der Waals surface area contributed by atoms with Crippen molar-refractivity contribution in [3.63, 3.8) is 0 Å². The zero-order chi connectivity index (χ0) is 17.8. The number of rotatable bonds is 5. The van der Waals surface area contributed by atoms with Gasteiger partial charge in [-0.2, -0.15) is 0 Å². The molecule has 0 aliphatic carbocycles. The van der Waals surface area contributed by atoms with Crippen molar-refractivity contribution in [1.82, 2.24) is 0 Å². The Morgan fingerprint density at radius 3 is 2.36 bits per heavy atom. The normalized spacial score (nSPS) is 10.4. The molecule has 0 radical (unpaired) electrons. The van der Waals surface area contributed by atoms with Crippen molar-refractivity contribution in [2.75, 3.05) is 16.5 Å². The maximum absolute atomic E-state index is 11.5. The predicted molar refractivity (Wildman–Crippen MR) is 99.7 cm³/mol. The largest absolute Gasteiger partial charge is 0.350 e. The van der Waals surface area contributed by atoms with E-state index >= 15 is 0 Å². The van der Waals surface area contributed by atoms with Gasteiger partial charge in [0.05, 0.1) is 10.3 Å². The van der Waals surface area contributed by atoms with Crippen molar-refractivity contribution in [3.8, 4) is 0 Å². The van der Waals surface area contributed by atoms with Crippen LogP contribution in [0.5, 0.6) is 0 Å². The predicted octanol–water partition coefficient (Wildman–Crippen LogP) is 4.67. The molecule has 0 saturated carbocycles. The molecule has 1 amide bonds. The lowest BCUT2D eigenvalue weighted by molar-refractivity contribution is -0.382. The van der Waals surface area contributed by atoms with Crippen LogP contribution in [0, 0.1) is 10.1 Å². The Balaban J connectivity index is 1.91. The summed E-state index contributed by atoms with van der Waals surface area (Å²) in [5, 5.41) is 18.6. The number of hydrogen-bond acceptors (Lipinski definition) is 4. The molecule has 0 heterocycles. The number of amides is 1. The standard InChI is InChI=1S/C18H14ClN3O3/c19-11-17(23)21-14-8-6-13(7-9-14)20-16-10-5-12-3-1-2-4-15(12)18(16)22(24)25/h1-10,20H,11H2,(H,21,23). The summed E-state index contributed by atoms with van der Waals surface area (Å²) in [7, 11) is 0.